The van der Waals surface area contributed by atoms with Crippen LogP contribution in [0.2, 0.25) is 0 Å². The second-order valence-corrected chi connectivity index (χ2v) is 6.21. The Hall–Kier alpha value is -1.80. The van der Waals surface area contributed by atoms with Gasteiger partial charge < -0.3 is 10.5 Å². The summed E-state index contributed by atoms with van der Waals surface area (Å²) in [5, 5.41) is 0. The summed E-state index contributed by atoms with van der Waals surface area (Å²) in [7, 11) is 0. The van der Waals surface area contributed by atoms with Crippen LogP contribution in [-0.4, -0.2) is 0 Å². The van der Waals surface area contributed by atoms with E-state index in [2.05, 4.69) is 48.5 Å². The maximum absolute atomic E-state index is 5.88. The quantitative estimate of drug-likeness (QED) is 0.862. The molecular formula is C20H25NO. The molecule has 116 valence electrons. The summed E-state index contributed by atoms with van der Waals surface area (Å²) in [6.45, 7) is 1.19. The van der Waals surface area contributed by atoms with Gasteiger partial charge in [-0.15, -0.1) is 0 Å². The van der Waals surface area contributed by atoms with Gasteiger partial charge in [0, 0.05) is 6.54 Å². The molecule has 0 unspecified atom stereocenters. The van der Waals surface area contributed by atoms with Gasteiger partial charge in [0.1, 0.15) is 12.4 Å². The van der Waals surface area contributed by atoms with Crippen LogP contribution in [0.5, 0.6) is 5.75 Å². The highest BCUT2D eigenvalue weighted by atomic mass is 16.5. The van der Waals surface area contributed by atoms with Gasteiger partial charge in [0.05, 0.1) is 0 Å². The van der Waals surface area contributed by atoms with Gasteiger partial charge in [-0.05, 0) is 47.6 Å². The number of hydrogen-bond acceptors (Lipinski definition) is 2. The number of hydrogen-bond donors (Lipinski definition) is 1. The molecule has 1 saturated carbocycles. The predicted octanol–water partition coefficient (Wildman–Crippen LogP) is 4.77. The number of rotatable bonds is 5. The third-order valence-electron chi connectivity index (χ3n) is 4.62. The van der Waals surface area contributed by atoms with Gasteiger partial charge in [0.25, 0.3) is 0 Å². The molecule has 0 spiro atoms. The zero-order valence-electron chi connectivity index (χ0n) is 13.1. The first kappa shape index (κ1) is 15.1. The molecular weight excluding hydrogens is 270 g/mol. The normalized spacial score (nSPS) is 15.7. The minimum atomic E-state index is 0.587. The molecule has 0 radical (unpaired) electrons. The Morgan fingerprint density at radius 3 is 2.09 bits per heavy atom. The molecule has 3 rings (SSSR count). The molecule has 0 saturated heterocycles. The third kappa shape index (κ3) is 3.89. The van der Waals surface area contributed by atoms with Crippen molar-refractivity contribution < 1.29 is 4.74 Å². The first-order valence-electron chi connectivity index (χ1n) is 8.36. The maximum Gasteiger partial charge on any atom is 0.119 e. The van der Waals surface area contributed by atoms with E-state index in [0.717, 1.165) is 17.2 Å². The van der Waals surface area contributed by atoms with Crippen LogP contribution < -0.4 is 10.5 Å². The topological polar surface area (TPSA) is 35.2 Å². The summed E-state index contributed by atoms with van der Waals surface area (Å²) in [6, 6.07) is 17.0. The van der Waals surface area contributed by atoms with Gasteiger partial charge in [-0.25, -0.2) is 0 Å². The Labute approximate surface area is 133 Å². The molecule has 2 heteroatoms. The molecule has 2 aromatic carbocycles. The van der Waals surface area contributed by atoms with Crippen molar-refractivity contribution in [1.82, 2.24) is 0 Å². The Kier molecular flexibility index (Phi) is 5.12. The van der Waals surface area contributed by atoms with Crippen LogP contribution in [-0.2, 0) is 13.2 Å². The molecule has 22 heavy (non-hydrogen) atoms. The lowest BCUT2D eigenvalue weighted by Gasteiger charge is -2.22. The second kappa shape index (κ2) is 7.46. The van der Waals surface area contributed by atoms with E-state index >= 15 is 0 Å². The number of ether oxygens (including phenoxy) is 1. The van der Waals surface area contributed by atoms with E-state index < -0.39 is 0 Å². The van der Waals surface area contributed by atoms with Gasteiger partial charge in [-0.1, -0.05) is 55.7 Å². The molecule has 1 aliphatic rings. The van der Waals surface area contributed by atoms with Gasteiger partial charge in [0.2, 0.25) is 0 Å². The molecule has 1 fully saturated rings. The highest BCUT2D eigenvalue weighted by Gasteiger charge is 2.15. The van der Waals surface area contributed by atoms with Crippen LogP contribution in [0.25, 0.3) is 0 Å². The molecule has 0 bridgehead atoms. The number of nitrogens with two attached hydrogens (primary N) is 1. The first-order valence-corrected chi connectivity index (χ1v) is 8.36. The fraction of sp³-hybridized carbons (Fsp3) is 0.400. The van der Waals surface area contributed by atoms with Crippen molar-refractivity contribution in [3.63, 3.8) is 0 Å². The van der Waals surface area contributed by atoms with E-state index in [0.29, 0.717) is 13.2 Å². The van der Waals surface area contributed by atoms with Crippen LogP contribution >= 0.6 is 0 Å². The number of benzene rings is 2. The summed E-state index contributed by atoms with van der Waals surface area (Å²) in [4.78, 5) is 0. The van der Waals surface area contributed by atoms with Crippen LogP contribution in [0, 0.1) is 0 Å². The summed E-state index contributed by atoms with van der Waals surface area (Å²) < 4.78 is 5.88. The minimum Gasteiger partial charge on any atom is -0.489 e. The van der Waals surface area contributed by atoms with Crippen molar-refractivity contribution in [3.05, 3.63) is 65.2 Å². The minimum absolute atomic E-state index is 0.587. The molecule has 1 aliphatic carbocycles. The molecule has 0 heterocycles. The van der Waals surface area contributed by atoms with Gasteiger partial charge in [-0.2, -0.15) is 0 Å². The fourth-order valence-electron chi connectivity index (χ4n) is 3.21. The van der Waals surface area contributed by atoms with Crippen molar-refractivity contribution in [1.29, 1.82) is 0 Å². The smallest absolute Gasteiger partial charge is 0.119 e. The zero-order chi connectivity index (χ0) is 15.2. The Morgan fingerprint density at radius 1 is 0.818 bits per heavy atom. The highest BCUT2D eigenvalue weighted by Crippen LogP contribution is 2.33. The van der Waals surface area contributed by atoms with E-state index in [1.807, 2.05) is 0 Å². The van der Waals surface area contributed by atoms with E-state index in [1.165, 1.54) is 43.2 Å². The summed E-state index contributed by atoms with van der Waals surface area (Å²) in [6.07, 6.45) is 6.84. The molecule has 0 atom stereocenters. The Bertz CT molecular complexity index is 568. The maximum atomic E-state index is 5.88. The van der Waals surface area contributed by atoms with E-state index in [9.17, 15) is 0 Å². The predicted molar refractivity (Wildman–Crippen MR) is 90.9 cm³/mol. The van der Waals surface area contributed by atoms with E-state index in [-0.39, 0.29) is 0 Å². The SMILES string of the molecule is NCc1ccc(COc2ccc(C3CCCCC3)cc2)cc1. The lowest BCUT2D eigenvalue weighted by molar-refractivity contribution is 0.306. The summed E-state index contributed by atoms with van der Waals surface area (Å²) in [5.74, 6) is 1.70. The summed E-state index contributed by atoms with van der Waals surface area (Å²) in [5.41, 5.74) is 9.41. The van der Waals surface area contributed by atoms with Crippen LogP contribution in [0.4, 0.5) is 0 Å². The third-order valence-corrected chi connectivity index (χ3v) is 4.62. The van der Waals surface area contributed by atoms with Crippen molar-refractivity contribution in [2.24, 2.45) is 5.73 Å². The summed E-state index contributed by atoms with van der Waals surface area (Å²) >= 11 is 0. The average molecular weight is 295 g/mol. The molecule has 2 nitrogen and oxygen atoms in total. The lowest BCUT2D eigenvalue weighted by Crippen LogP contribution is -2.04. The molecule has 2 N–H and O–H groups in total. The van der Waals surface area contributed by atoms with Crippen molar-refractivity contribution in [3.8, 4) is 5.75 Å². The average Bonchev–Trinajstić information content (AvgIpc) is 2.61. The first-order chi connectivity index (χ1) is 10.8. The Balaban J connectivity index is 1.56. The monoisotopic (exact) mass is 295 g/mol. The Morgan fingerprint density at radius 2 is 1.45 bits per heavy atom. The van der Waals surface area contributed by atoms with E-state index in [4.69, 9.17) is 10.5 Å². The largest absolute Gasteiger partial charge is 0.489 e. The van der Waals surface area contributed by atoms with Crippen molar-refractivity contribution >= 4 is 0 Å². The van der Waals surface area contributed by atoms with Crippen molar-refractivity contribution in [2.75, 3.05) is 0 Å². The van der Waals surface area contributed by atoms with E-state index in [1.54, 1.807) is 0 Å². The van der Waals surface area contributed by atoms with Crippen LogP contribution in [0.3, 0.4) is 0 Å². The zero-order valence-corrected chi connectivity index (χ0v) is 13.1. The van der Waals surface area contributed by atoms with Crippen LogP contribution in [0.1, 0.15) is 54.7 Å². The lowest BCUT2D eigenvalue weighted by atomic mass is 9.84. The molecule has 0 amide bonds. The molecule has 0 aliphatic heterocycles. The molecule has 2 aromatic rings. The standard InChI is InChI=1S/C20H25NO/c21-14-16-6-8-17(9-7-16)15-22-20-12-10-19(11-13-20)18-4-2-1-3-5-18/h6-13,18H,1-5,14-15,21H2. The van der Waals surface area contributed by atoms with Crippen molar-refractivity contribution in [2.45, 2.75) is 51.2 Å². The van der Waals surface area contributed by atoms with Crippen LogP contribution in [0.15, 0.2) is 48.5 Å². The highest BCUT2D eigenvalue weighted by molar-refractivity contribution is 5.30. The van der Waals surface area contributed by atoms with Gasteiger partial charge in [-0.3, -0.25) is 0 Å². The van der Waals surface area contributed by atoms with Gasteiger partial charge in [0.15, 0.2) is 0 Å². The second-order valence-electron chi connectivity index (χ2n) is 6.21. The molecule has 0 aromatic heterocycles. The fourth-order valence-corrected chi connectivity index (χ4v) is 3.21. The van der Waals surface area contributed by atoms with Gasteiger partial charge >= 0.3 is 0 Å².